The van der Waals surface area contributed by atoms with E-state index in [-0.39, 0.29) is 72.0 Å². The predicted octanol–water partition coefficient (Wildman–Crippen LogP) is -1.19. The summed E-state index contributed by atoms with van der Waals surface area (Å²) in [6.07, 6.45) is -1.83. The van der Waals surface area contributed by atoms with Gasteiger partial charge >= 0.3 is 73.5 Å². The first-order valence-electron chi connectivity index (χ1n) is 0.651. The molecule has 0 rings (SSSR count). The Morgan fingerprint density at radius 2 is 1.29 bits per heavy atom. The molecule has 0 amide bonds. The van der Waals surface area contributed by atoms with E-state index in [9.17, 15) is 0 Å². The average molecular weight is 148 g/mol. The fourth-order valence-corrected chi connectivity index (χ4v) is 0. The molecule has 0 aliphatic rings. The molecule has 0 unspecified atom stereocenters. The number of carbonyl (C=O) groups is 1. The molecule has 0 aromatic heterocycles. The van der Waals surface area contributed by atoms with Crippen molar-refractivity contribution in [2.75, 3.05) is 0 Å². The van der Waals surface area contributed by atoms with Crippen LogP contribution in [0.5, 0.6) is 0 Å². The zero-order valence-corrected chi connectivity index (χ0v) is 2.21. The van der Waals surface area contributed by atoms with Crippen LogP contribution in [0.15, 0.2) is 0 Å². The molecule has 0 aliphatic carbocycles. The minimum absolute atomic E-state index is 0. The molecule has 7 heavy (non-hydrogen) atoms. The van der Waals surface area contributed by atoms with Gasteiger partial charge in [0.05, 0.1) is 0 Å². The van der Waals surface area contributed by atoms with Crippen LogP contribution in [0.1, 0.15) is 0 Å². The van der Waals surface area contributed by atoms with Gasteiger partial charge in [-0.15, -0.1) is 0 Å². The van der Waals surface area contributed by atoms with Crippen molar-refractivity contribution in [3.05, 3.63) is 0 Å². The maximum absolute atomic E-state index is 8.56. The molecule has 0 radical (unpaired) electrons. The van der Waals surface area contributed by atoms with Crippen molar-refractivity contribution in [2.24, 2.45) is 0 Å². The summed E-state index contributed by atoms with van der Waals surface area (Å²) < 4.78 is 0. The molecule has 0 saturated carbocycles. The molecule has 0 saturated heterocycles. The van der Waals surface area contributed by atoms with Crippen LogP contribution in [0.4, 0.5) is 9.50 Å². The number of rotatable bonds is 0. The summed E-state index contributed by atoms with van der Waals surface area (Å²) in [5, 5.41) is 13.9. The molecule has 0 aromatic carbocycles. The van der Waals surface area contributed by atoms with E-state index in [1.54, 1.807) is 0 Å². The fraction of sp³-hybridized carbons (Fsp3) is 0. The van der Waals surface area contributed by atoms with Crippen molar-refractivity contribution in [3.8, 4) is 0 Å². The van der Waals surface area contributed by atoms with Gasteiger partial charge in [-0.1, -0.05) is 0 Å². The molecule has 6 heteroatoms. The van der Waals surface area contributed by atoms with Gasteiger partial charge < -0.3 is 10.2 Å². The first-order valence-corrected chi connectivity index (χ1v) is 0.651. The molecule has 0 bridgehead atoms. The van der Waals surface area contributed by atoms with Gasteiger partial charge in [-0.3, -0.25) is 4.70 Å². The SMILES string of the molecule is F.O=C(O)O.[CaH2].[NaH]. The van der Waals surface area contributed by atoms with Crippen molar-refractivity contribution in [1.29, 1.82) is 0 Å². The molecule has 0 spiro atoms. The Labute approximate surface area is 91.7 Å². The standard InChI is InChI=1S/CH2O3.Ca.FH.Na.3H/c2-1(3)4;;;;;;/h(H2,2,3,4);;1H;;;;. The summed E-state index contributed by atoms with van der Waals surface area (Å²) in [4.78, 5) is 8.56. The van der Waals surface area contributed by atoms with Crippen LogP contribution in [-0.2, 0) is 0 Å². The van der Waals surface area contributed by atoms with E-state index in [1.165, 1.54) is 0 Å². The summed E-state index contributed by atoms with van der Waals surface area (Å²) >= 11 is 0. The normalized spacial score (nSPS) is 3.43. The van der Waals surface area contributed by atoms with Gasteiger partial charge in [0.25, 0.3) is 0 Å². The van der Waals surface area contributed by atoms with Gasteiger partial charge in [-0.05, 0) is 0 Å². The van der Waals surface area contributed by atoms with Crippen molar-refractivity contribution < 1.29 is 19.7 Å². The average Bonchev–Trinajstić information content (AvgIpc) is 0.811. The van der Waals surface area contributed by atoms with Crippen LogP contribution >= 0.6 is 0 Å². The molecule has 0 atom stereocenters. The molecular formula is CH6CaFNaO3. The minimum atomic E-state index is -1.83. The van der Waals surface area contributed by atoms with Gasteiger partial charge in [0.2, 0.25) is 0 Å². The van der Waals surface area contributed by atoms with E-state index in [0.29, 0.717) is 0 Å². The van der Waals surface area contributed by atoms with Crippen LogP contribution in [0.25, 0.3) is 0 Å². The first-order chi connectivity index (χ1) is 1.73. The van der Waals surface area contributed by atoms with E-state index in [4.69, 9.17) is 15.0 Å². The molecule has 0 fully saturated rings. The maximum atomic E-state index is 8.56. The fourth-order valence-electron chi connectivity index (χ4n) is 0. The zero-order valence-electron chi connectivity index (χ0n) is 2.21. The second-order valence-electron chi connectivity index (χ2n) is 0.283. The van der Waals surface area contributed by atoms with Crippen molar-refractivity contribution in [1.82, 2.24) is 0 Å². The monoisotopic (exact) mass is 148 g/mol. The molecular weight excluding hydrogens is 142 g/mol. The molecule has 2 N–H and O–H groups in total. The Bertz CT molecular complexity index is 37.9. The van der Waals surface area contributed by atoms with Crippen LogP contribution in [-0.4, -0.2) is 83.7 Å². The Hall–Kier alpha value is 1.46. The van der Waals surface area contributed by atoms with Crippen molar-refractivity contribution in [2.45, 2.75) is 0 Å². The van der Waals surface area contributed by atoms with Gasteiger partial charge in [-0.2, -0.15) is 0 Å². The van der Waals surface area contributed by atoms with Crippen molar-refractivity contribution >= 4 is 73.5 Å². The van der Waals surface area contributed by atoms with Gasteiger partial charge in [-0.25, -0.2) is 4.79 Å². The molecule has 0 heterocycles. The molecule has 0 aliphatic heterocycles. The predicted molar refractivity (Wildman–Crippen MR) is 28.8 cm³/mol. The summed E-state index contributed by atoms with van der Waals surface area (Å²) in [5.74, 6) is 0. The van der Waals surface area contributed by atoms with E-state index in [1.807, 2.05) is 0 Å². The van der Waals surface area contributed by atoms with Crippen molar-refractivity contribution in [3.63, 3.8) is 0 Å². The van der Waals surface area contributed by atoms with Gasteiger partial charge in [0.15, 0.2) is 0 Å². The van der Waals surface area contributed by atoms with Crippen LogP contribution < -0.4 is 0 Å². The second-order valence-corrected chi connectivity index (χ2v) is 0.283. The molecule has 0 aromatic rings. The summed E-state index contributed by atoms with van der Waals surface area (Å²) in [5.41, 5.74) is 0. The number of halogens is 1. The van der Waals surface area contributed by atoms with E-state index in [2.05, 4.69) is 0 Å². The van der Waals surface area contributed by atoms with E-state index in [0.717, 1.165) is 0 Å². The Kier molecular flexibility index (Phi) is 52.9. The number of hydrogen-bond acceptors (Lipinski definition) is 1. The molecule has 3 nitrogen and oxygen atoms in total. The zero-order chi connectivity index (χ0) is 3.58. The topological polar surface area (TPSA) is 57.5 Å². The molecule has 38 valence electrons. The third-order valence-corrected chi connectivity index (χ3v) is 0. The van der Waals surface area contributed by atoms with E-state index >= 15 is 0 Å². The Balaban J connectivity index is -0.0000000150. The van der Waals surface area contributed by atoms with Crippen LogP contribution in [0, 0.1) is 0 Å². The number of hydrogen-bond donors (Lipinski definition) is 2. The Morgan fingerprint density at radius 1 is 1.29 bits per heavy atom. The van der Waals surface area contributed by atoms with E-state index < -0.39 is 6.16 Å². The second kappa shape index (κ2) is 15.7. The van der Waals surface area contributed by atoms with Gasteiger partial charge in [0.1, 0.15) is 0 Å². The summed E-state index contributed by atoms with van der Waals surface area (Å²) in [6.45, 7) is 0. The van der Waals surface area contributed by atoms with Gasteiger partial charge in [0, 0.05) is 0 Å². The first kappa shape index (κ1) is 23.7. The van der Waals surface area contributed by atoms with Crippen LogP contribution in [0.3, 0.4) is 0 Å². The quantitative estimate of drug-likeness (QED) is 0.425. The summed E-state index contributed by atoms with van der Waals surface area (Å²) in [6, 6.07) is 0. The summed E-state index contributed by atoms with van der Waals surface area (Å²) in [7, 11) is 0. The number of carboxylic acid groups (broad SMARTS) is 2. The third kappa shape index (κ3) is 104. The third-order valence-electron chi connectivity index (χ3n) is 0. The van der Waals surface area contributed by atoms with Crippen LogP contribution in [0.2, 0.25) is 0 Å². The Morgan fingerprint density at radius 3 is 1.29 bits per heavy atom.